The second-order valence-corrected chi connectivity index (χ2v) is 6.04. The maximum atomic E-state index is 12.2. The standard InChI is InChI=1S/C16H22N2O2.ClH/c19-14(12-4-2-1-3-5-12)11-18-15(20)13-10-16(13)6-8-17-9-7-16;/h1-5,13-14,17,19H,6-11H2,(H,18,20);1H. The first kappa shape index (κ1) is 16.3. The van der Waals surface area contributed by atoms with Gasteiger partial charge in [-0.3, -0.25) is 4.79 Å². The van der Waals surface area contributed by atoms with E-state index >= 15 is 0 Å². The fourth-order valence-corrected chi connectivity index (χ4v) is 3.31. The molecule has 2 fully saturated rings. The van der Waals surface area contributed by atoms with Crippen molar-refractivity contribution in [2.24, 2.45) is 11.3 Å². The maximum Gasteiger partial charge on any atom is 0.223 e. The normalized spacial score (nSPS) is 24.0. The van der Waals surface area contributed by atoms with Crippen molar-refractivity contribution in [1.29, 1.82) is 0 Å². The molecule has 3 N–H and O–H groups in total. The van der Waals surface area contributed by atoms with Crippen LogP contribution in [0.5, 0.6) is 0 Å². The first-order valence-corrected chi connectivity index (χ1v) is 7.43. The highest BCUT2D eigenvalue weighted by molar-refractivity contribution is 5.85. The molecule has 1 aliphatic heterocycles. The van der Waals surface area contributed by atoms with Gasteiger partial charge >= 0.3 is 0 Å². The third kappa shape index (κ3) is 3.57. The molecule has 5 heteroatoms. The highest BCUT2D eigenvalue weighted by atomic mass is 35.5. The Hall–Kier alpha value is -1.10. The molecule has 1 amide bonds. The third-order valence-corrected chi connectivity index (χ3v) is 4.76. The predicted molar refractivity (Wildman–Crippen MR) is 84.3 cm³/mol. The van der Waals surface area contributed by atoms with E-state index in [1.807, 2.05) is 30.3 Å². The number of hydrogen-bond acceptors (Lipinski definition) is 3. The number of carbonyl (C=O) groups excluding carboxylic acids is 1. The van der Waals surface area contributed by atoms with Crippen molar-refractivity contribution < 1.29 is 9.90 Å². The van der Waals surface area contributed by atoms with E-state index in [0.29, 0.717) is 6.54 Å². The highest BCUT2D eigenvalue weighted by Crippen LogP contribution is 2.58. The molecule has 1 saturated heterocycles. The van der Waals surface area contributed by atoms with Gasteiger partial charge in [0.2, 0.25) is 5.91 Å². The van der Waals surface area contributed by atoms with Crippen molar-refractivity contribution >= 4 is 18.3 Å². The Morgan fingerprint density at radius 3 is 2.67 bits per heavy atom. The van der Waals surface area contributed by atoms with Crippen LogP contribution in [0.3, 0.4) is 0 Å². The lowest BCUT2D eigenvalue weighted by Gasteiger charge is -2.23. The molecular weight excluding hydrogens is 288 g/mol. The molecule has 0 bridgehead atoms. The summed E-state index contributed by atoms with van der Waals surface area (Å²) in [6.07, 6.45) is 2.60. The van der Waals surface area contributed by atoms with Gasteiger partial charge in [0, 0.05) is 12.5 Å². The number of benzene rings is 1. The van der Waals surface area contributed by atoms with Crippen molar-refractivity contribution in [3.8, 4) is 0 Å². The van der Waals surface area contributed by atoms with E-state index in [9.17, 15) is 9.90 Å². The van der Waals surface area contributed by atoms with Gasteiger partial charge in [-0.1, -0.05) is 30.3 Å². The Bertz CT molecular complexity index is 474. The van der Waals surface area contributed by atoms with E-state index in [2.05, 4.69) is 10.6 Å². The second-order valence-electron chi connectivity index (χ2n) is 6.04. The largest absolute Gasteiger partial charge is 0.387 e. The molecule has 4 nitrogen and oxygen atoms in total. The molecule has 0 aromatic heterocycles. The van der Waals surface area contributed by atoms with Crippen LogP contribution in [0.15, 0.2) is 30.3 Å². The van der Waals surface area contributed by atoms with E-state index in [1.54, 1.807) is 0 Å². The lowest BCUT2D eigenvalue weighted by atomic mass is 9.92. The number of carbonyl (C=O) groups is 1. The van der Waals surface area contributed by atoms with Crippen LogP contribution in [0, 0.1) is 11.3 Å². The third-order valence-electron chi connectivity index (χ3n) is 4.76. The van der Waals surface area contributed by atoms with E-state index in [0.717, 1.165) is 37.9 Å². The Balaban J connectivity index is 0.00000161. The Morgan fingerprint density at radius 1 is 1.33 bits per heavy atom. The summed E-state index contributed by atoms with van der Waals surface area (Å²) in [4.78, 5) is 12.2. The maximum absolute atomic E-state index is 12.2. The minimum absolute atomic E-state index is 0. The van der Waals surface area contributed by atoms with Gasteiger partial charge in [-0.05, 0) is 43.3 Å². The topological polar surface area (TPSA) is 61.4 Å². The van der Waals surface area contributed by atoms with Crippen molar-refractivity contribution in [3.05, 3.63) is 35.9 Å². The van der Waals surface area contributed by atoms with Crippen LogP contribution < -0.4 is 10.6 Å². The number of aliphatic hydroxyl groups is 1. The molecule has 1 saturated carbocycles. The SMILES string of the molecule is Cl.O=C(NCC(O)c1ccccc1)C1CC12CCNCC2. The molecule has 1 spiro atoms. The number of nitrogens with one attached hydrogen (secondary N) is 2. The molecule has 21 heavy (non-hydrogen) atoms. The monoisotopic (exact) mass is 310 g/mol. The molecule has 1 heterocycles. The average molecular weight is 311 g/mol. The summed E-state index contributed by atoms with van der Waals surface area (Å²) in [7, 11) is 0. The quantitative estimate of drug-likeness (QED) is 0.792. The summed E-state index contributed by atoms with van der Waals surface area (Å²) < 4.78 is 0. The number of hydrogen-bond donors (Lipinski definition) is 3. The van der Waals surface area contributed by atoms with Crippen LogP contribution in [-0.2, 0) is 4.79 Å². The summed E-state index contributed by atoms with van der Waals surface area (Å²) in [6, 6.07) is 9.46. The van der Waals surface area contributed by atoms with Gasteiger partial charge in [0.25, 0.3) is 0 Å². The summed E-state index contributed by atoms with van der Waals surface area (Å²) in [6.45, 7) is 2.35. The molecule has 116 valence electrons. The summed E-state index contributed by atoms with van der Waals surface area (Å²) in [5.74, 6) is 0.273. The average Bonchev–Trinajstić information content (AvgIpc) is 3.19. The zero-order chi connectivity index (χ0) is 14.0. The number of piperidine rings is 1. The van der Waals surface area contributed by atoms with Crippen molar-refractivity contribution in [1.82, 2.24) is 10.6 Å². The van der Waals surface area contributed by atoms with Gasteiger partial charge in [-0.15, -0.1) is 12.4 Å². The minimum atomic E-state index is -0.622. The molecule has 1 aromatic rings. The summed E-state index contributed by atoms with van der Waals surface area (Å²) >= 11 is 0. The van der Waals surface area contributed by atoms with Crippen LogP contribution in [0.2, 0.25) is 0 Å². The van der Waals surface area contributed by atoms with Crippen LogP contribution >= 0.6 is 12.4 Å². The van der Waals surface area contributed by atoms with Gasteiger partial charge in [0.1, 0.15) is 0 Å². The fraction of sp³-hybridized carbons (Fsp3) is 0.562. The van der Waals surface area contributed by atoms with Crippen molar-refractivity contribution in [3.63, 3.8) is 0 Å². The lowest BCUT2D eigenvalue weighted by Crippen LogP contribution is -2.35. The summed E-state index contributed by atoms with van der Waals surface area (Å²) in [5, 5.41) is 16.3. The van der Waals surface area contributed by atoms with Crippen LogP contribution in [0.4, 0.5) is 0 Å². The zero-order valence-electron chi connectivity index (χ0n) is 12.0. The van der Waals surface area contributed by atoms with E-state index in [4.69, 9.17) is 0 Å². The molecule has 2 unspecified atom stereocenters. The molecular formula is C16H23ClN2O2. The van der Waals surface area contributed by atoms with Crippen LogP contribution in [-0.4, -0.2) is 30.6 Å². The van der Waals surface area contributed by atoms with Crippen LogP contribution in [0.1, 0.15) is 30.9 Å². The van der Waals surface area contributed by atoms with Gasteiger partial charge < -0.3 is 15.7 Å². The first-order valence-electron chi connectivity index (χ1n) is 7.43. The summed E-state index contributed by atoms with van der Waals surface area (Å²) in [5.41, 5.74) is 1.10. The highest BCUT2D eigenvalue weighted by Gasteiger charge is 2.57. The van der Waals surface area contributed by atoms with Gasteiger partial charge in [0.15, 0.2) is 0 Å². The molecule has 3 rings (SSSR count). The number of halogens is 1. The fourth-order valence-electron chi connectivity index (χ4n) is 3.31. The molecule has 2 atom stereocenters. The second kappa shape index (κ2) is 6.77. The first-order chi connectivity index (χ1) is 9.71. The molecule has 0 radical (unpaired) electrons. The minimum Gasteiger partial charge on any atom is -0.387 e. The van der Waals surface area contributed by atoms with E-state index in [-0.39, 0.29) is 29.6 Å². The Kier molecular flexibility index (Phi) is 5.25. The zero-order valence-corrected chi connectivity index (χ0v) is 12.9. The number of aliphatic hydroxyl groups excluding tert-OH is 1. The molecule has 1 aliphatic carbocycles. The predicted octanol–water partition coefficient (Wildman–Crippen LogP) is 1.65. The van der Waals surface area contributed by atoms with E-state index in [1.165, 1.54) is 0 Å². The molecule has 2 aliphatic rings. The number of amides is 1. The van der Waals surface area contributed by atoms with Gasteiger partial charge in [-0.2, -0.15) is 0 Å². The lowest BCUT2D eigenvalue weighted by molar-refractivity contribution is -0.123. The van der Waals surface area contributed by atoms with Gasteiger partial charge in [0.05, 0.1) is 6.10 Å². The Labute approximate surface area is 131 Å². The smallest absolute Gasteiger partial charge is 0.223 e. The van der Waals surface area contributed by atoms with Crippen molar-refractivity contribution in [2.45, 2.75) is 25.4 Å². The van der Waals surface area contributed by atoms with Gasteiger partial charge in [-0.25, -0.2) is 0 Å². The van der Waals surface area contributed by atoms with Crippen molar-refractivity contribution in [2.75, 3.05) is 19.6 Å². The Morgan fingerprint density at radius 2 is 2.00 bits per heavy atom. The van der Waals surface area contributed by atoms with E-state index < -0.39 is 6.10 Å². The van der Waals surface area contributed by atoms with Crippen LogP contribution in [0.25, 0.3) is 0 Å². The molecule has 1 aromatic carbocycles. The number of rotatable bonds is 4.